The van der Waals surface area contributed by atoms with Crippen LogP contribution in [0.15, 0.2) is 35.2 Å². The summed E-state index contributed by atoms with van der Waals surface area (Å²) < 4.78 is 56.0. The van der Waals surface area contributed by atoms with Gasteiger partial charge in [0.05, 0.1) is 0 Å². The van der Waals surface area contributed by atoms with Gasteiger partial charge in [0.15, 0.2) is 4.90 Å². The van der Waals surface area contributed by atoms with Crippen LogP contribution in [-0.4, -0.2) is 53.7 Å². The SMILES string of the molecule is CC[S+]([O-])c1ccc(Cl)cc1CNC(=O)c1cc(Cl)c(CN2CC[C@@H](NC)C2)c(OC(F)(F)F)c1. The second-order valence-corrected chi connectivity index (χ2v) is 10.6. The lowest BCUT2D eigenvalue weighted by Crippen LogP contribution is -2.30. The molecule has 192 valence electrons. The van der Waals surface area contributed by atoms with Crippen molar-refractivity contribution in [3.8, 4) is 5.75 Å². The molecule has 1 amide bonds. The molecule has 2 atom stereocenters. The van der Waals surface area contributed by atoms with Gasteiger partial charge in [0.2, 0.25) is 0 Å². The summed E-state index contributed by atoms with van der Waals surface area (Å²) >= 11 is 11.1. The van der Waals surface area contributed by atoms with Gasteiger partial charge in [-0.05, 0) is 61.9 Å². The van der Waals surface area contributed by atoms with E-state index in [4.69, 9.17) is 23.2 Å². The van der Waals surface area contributed by atoms with Crippen LogP contribution in [0.25, 0.3) is 0 Å². The maximum Gasteiger partial charge on any atom is 0.573 e. The van der Waals surface area contributed by atoms with Gasteiger partial charge in [0.1, 0.15) is 11.5 Å². The van der Waals surface area contributed by atoms with Gasteiger partial charge in [-0.2, -0.15) is 0 Å². The van der Waals surface area contributed by atoms with Crippen molar-refractivity contribution in [1.82, 2.24) is 15.5 Å². The summed E-state index contributed by atoms with van der Waals surface area (Å²) in [6.07, 6.45) is -4.09. The van der Waals surface area contributed by atoms with Crippen molar-refractivity contribution in [2.75, 3.05) is 25.9 Å². The van der Waals surface area contributed by atoms with Crippen LogP contribution in [0, 0.1) is 0 Å². The number of hydrogen-bond donors (Lipinski definition) is 2. The second kappa shape index (κ2) is 12.0. The molecule has 12 heteroatoms. The number of halogens is 5. The molecule has 0 aromatic heterocycles. The maximum absolute atomic E-state index is 13.1. The van der Waals surface area contributed by atoms with Crippen LogP contribution in [0.2, 0.25) is 10.0 Å². The zero-order valence-electron chi connectivity index (χ0n) is 19.2. The average molecular weight is 552 g/mol. The molecule has 2 N–H and O–H groups in total. The number of hydrogen-bond acceptors (Lipinski definition) is 5. The van der Waals surface area contributed by atoms with E-state index >= 15 is 0 Å². The van der Waals surface area contributed by atoms with Crippen molar-refractivity contribution in [1.29, 1.82) is 0 Å². The first-order valence-corrected chi connectivity index (χ1v) is 13.0. The highest BCUT2D eigenvalue weighted by atomic mass is 35.5. The third-order valence-electron chi connectivity index (χ3n) is 5.67. The van der Waals surface area contributed by atoms with Crippen molar-refractivity contribution < 1.29 is 27.3 Å². The number of nitrogens with zero attached hydrogens (tertiary/aromatic N) is 1. The number of ether oxygens (including phenoxy) is 1. The second-order valence-electron chi connectivity index (χ2n) is 8.06. The zero-order chi connectivity index (χ0) is 25.8. The highest BCUT2D eigenvalue weighted by molar-refractivity contribution is 7.91. The van der Waals surface area contributed by atoms with Gasteiger partial charge in [0, 0.05) is 59.0 Å². The molecule has 0 bridgehead atoms. The Bertz CT molecular complexity index is 1060. The van der Waals surface area contributed by atoms with E-state index in [0.29, 0.717) is 34.3 Å². The van der Waals surface area contributed by atoms with Gasteiger partial charge in [0.25, 0.3) is 5.91 Å². The van der Waals surface area contributed by atoms with E-state index in [1.165, 1.54) is 6.07 Å². The van der Waals surface area contributed by atoms with Crippen molar-refractivity contribution in [3.63, 3.8) is 0 Å². The largest absolute Gasteiger partial charge is 0.611 e. The number of benzene rings is 2. The summed E-state index contributed by atoms with van der Waals surface area (Å²) in [5.74, 6) is -0.794. The van der Waals surface area contributed by atoms with Crippen LogP contribution in [-0.2, 0) is 24.3 Å². The Labute approximate surface area is 215 Å². The van der Waals surface area contributed by atoms with Gasteiger partial charge in [-0.1, -0.05) is 23.2 Å². The summed E-state index contributed by atoms with van der Waals surface area (Å²) in [5, 5.41) is 6.19. The van der Waals surface area contributed by atoms with E-state index in [1.54, 1.807) is 25.1 Å². The third-order valence-corrected chi connectivity index (χ3v) is 7.66. The summed E-state index contributed by atoms with van der Waals surface area (Å²) in [5.41, 5.74) is 0.620. The fourth-order valence-corrected chi connectivity index (χ4v) is 5.31. The Morgan fingerprint density at radius 3 is 2.66 bits per heavy atom. The van der Waals surface area contributed by atoms with Gasteiger partial charge in [-0.15, -0.1) is 13.2 Å². The standard InChI is InChI=1S/C23H26Cl2F3N3O3S/c1-3-35(33)21-5-4-16(24)8-15(21)11-30-22(32)14-9-19(25)18(20(10-14)34-23(26,27)28)13-31-7-6-17(12-31)29-2/h4-5,8-10,17,29H,3,6-7,11-13H2,1-2H3,(H,30,32)/t17-,35?/m1/s1. The minimum atomic E-state index is -4.95. The number of carbonyl (C=O) groups is 1. The molecule has 3 rings (SSSR count). The van der Waals surface area contributed by atoms with Gasteiger partial charge >= 0.3 is 6.36 Å². The molecule has 0 aliphatic carbocycles. The molecule has 1 fully saturated rings. The van der Waals surface area contributed by atoms with E-state index in [0.717, 1.165) is 12.5 Å². The molecule has 1 heterocycles. The van der Waals surface area contributed by atoms with E-state index in [1.807, 2.05) is 11.9 Å². The first kappa shape index (κ1) is 27.9. The fourth-order valence-electron chi connectivity index (χ4n) is 3.89. The highest BCUT2D eigenvalue weighted by Crippen LogP contribution is 2.34. The lowest BCUT2D eigenvalue weighted by atomic mass is 10.1. The number of alkyl halides is 3. The van der Waals surface area contributed by atoms with E-state index in [2.05, 4.69) is 15.4 Å². The lowest BCUT2D eigenvalue weighted by Gasteiger charge is -2.21. The Hall–Kier alpha value is -1.69. The molecular weight excluding hydrogens is 526 g/mol. The monoisotopic (exact) mass is 551 g/mol. The molecule has 1 unspecified atom stereocenters. The number of nitrogens with one attached hydrogen (secondary N) is 2. The van der Waals surface area contributed by atoms with Crippen LogP contribution < -0.4 is 15.4 Å². The molecule has 6 nitrogen and oxygen atoms in total. The predicted molar refractivity (Wildman–Crippen MR) is 130 cm³/mol. The van der Waals surface area contributed by atoms with Crippen LogP contribution in [0.4, 0.5) is 13.2 Å². The smallest absolute Gasteiger partial charge is 0.573 e. The molecule has 35 heavy (non-hydrogen) atoms. The van der Waals surface area contributed by atoms with Gasteiger partial charge in [-0.25, -0.2) is 0 Å². The Morgan fingerprint density at radius 2 is 2.03 bits per heavy atom. The minimum absolute atomic E-state index is 0.000314. The Balaban J connectivity index is 1.83. The molecule has 2 aromatic rings. The first-order chi connectivity index (χ1) is 16.5. The predicted octanol–water partition coefficient (Wildman–Crippen LogP) is 4.74. The number of likely N-dealkylation sites (tertiary alicyclic amines) is 1. The summed E-state index contributed by atoms with van der Waals surface area (Å²) in [7, 11) is 1.83. The highest BCUT2D eigenvalue weighted by Gasteiger charge is 2.34. The quantitative estimate of drug-likeness (QED) is 0.440. The molecule has 1 saturated heterocycles. The molecule has 0 spiro atoms. The van der Waals surface area contributed by atoms with Crippen LogP contribution >= 0.6 is 23.2 Å². The Morgan fingerprint density at radius 1 is 1.29 bits per heavy atom. The molecule has 1 aliphatic heterocycles. The van der Waals surface area contributed by atoms with Crippen LogP contribution in [0.5, 0.6) is 5.75 Å². The summed E-state index contributed by atoms with van der Waals surface area (Å²) in [6.45, 7) is 3.24. The average Bonchev–Trinajstić information content (AvgIpc) is 3.26. The van der Waals surface area contributed by atoms with Crippen molar-refractivity contribution in [2.24, 2.45) is 0 Å². The van der Waals surface area contributed by atoms with Crippen molar-refractivity contribution in [2.45, 2.75) is 43.7 Å². The van der Waals surface area contributed by atoms with Crippen molar-refractivity contribution in [3.05, 3.63) is 57.1 Å². The van der Waals surface area contributed by atoms with E-state index in [-0.39, 0.29) is 35.3 Å². The normalized spacial score (nSPS) is 17.4. The minimum Gasteiger partial charge on any atom is -0.611 e. The topological polar surface area (TPSA) is 76.7 Å². The van der Waals surface area contributed by atoms with Crippen molar-refractivity contribution >= 4 is 40.3 Å². The summed E-state index contributed by atoms with van der Waals surface area (Å²) in [6, 6.07) is 7.43. The Kier molecular flexibility index (Phi) is 9.59. The fraction of sp³-hybridized carbons (Fsp3) is 0.435. The third kappa shape index (κ3) is 7.65. The van der Waals surface area contributed by atoms with Gasteiger partial charge < -0.3 is 19.9 Å². The van der Waals surface area contributed by atoms with Crippen LogP contribution in [0.1, 0.15) is 34.8 Å². The summed E-state index contributed by atoms with van der Waals surface area (Å²) in [4.78, 5) is 15.3. The van der Waals surface area contributed by atoms with E-state index in [9.17, 15) is 22.5 Å². The molecule has 0 radical (unpaired) electrons. The number of carbonyl (C=O) groups excluding carboxylic acids is 1. The van der Waals surface area contributed by atoms with E-state index < -0.39 is 29.2 Å². The molecule has 0 saturated carbocycles. The maximum atomic E-state index is 13.1. The number of likely N-dealkylation sites (N-methyl/N-ethyl adjacent to an activating group) is 1. The molecule has 2 aromatic carbocycles. The van der Waals surface area contributed by atoms with Gasteiger partial charge in [-0.3, -0.25) is 9.69 Å². The lowest BCUT2D eigenvalue weighted by molar-refractivity contribution is -0.275. The number of amides is 1. The molecule has 1 aliphatic rings. The zero-order valence-corrected chi connectivity index (χ0v) is 21.5. The number of rotatable bonds is 9. The first-order valence-electron chi connectivity index (χ1n) is 10.9. The molecular formula is C23H26Cl2F3N3O3S. The van der Waals surface area contributed by atoms with Crippen LogP contribution in [0.3, 0.4) is 0 Å².